The summed E-state index contributed by atoms with van der Waals surface area (Å²) in [4.78, 5) is 27.5. The normalized spacial score (nSPS) is 16.4. The summed E-state index contributed by atoms with van der Waals surface area (Å²) >= 11 is 0. The third-order valence-electron chi connectivity index (χ3n) is 5.99. The number of anilines is 3. The molecule has 2 atom stereocenters. The molecule has 0 saturated carbocycles. The number of amides is 2. The maximum atomic E-state index is 13.3. The maximum Gasteiger partial charge on any atom is 0.248 e. The number of nitrogen functional groups attached to an aromatic ring is 1. The summed E-state index contributed by atoms with van der Waals surface area (Å²) in [5.74, 6) is -0.528. The second kappa shape index (κ2) is 11.3. The fraction of sp³-hybridized carbons (Fsp3) is 0.179. The quantitative estimate of drug-likeness (QED) is 0.302. The van der Waals surface area contributed by atoms with Crippen molar-refractivity contribution in [2.75, 3.05) is 29.5 Å². The van der Waals surface area contributed by atoms with Gasteiger partial charge >= 0.3 is 0 Å². The average molecular weight is 482 g/mol. The van der Waals surface area contributed by atoms with Crippen LogP contribution >= 0.6 is 0 Å². The number of carbonyl (C=O) groups excluding carboxylic acids is 2. The van der Waals surface area contributed by atoms with Crippen molar-refractivity contribution < 1.29 is 14.7 Å². The van der Waals surface area contributed by atoms with Crippen molar-refractivity contribution in [1.29, 1.82) is 5.26 Å². The largest absolute Gasteiger partial charge is 0.397 e. The van der Waals surface area contributed by atoms with Gasteiger partial charge in [0.05, 0.1) is 29.1 Å². The van der Waals surface area contributed by atoms with Crippen molar-refractivity contribution in [3.8, 4) is 6.07 Å². The number of likely N-dealkylation sites (tertiary alicyclic amines) is 1. The summed E-state index contributed by atoms with van der Waals surface area (Å²) in [5, 5.41) is 24.7. The third kappa shape index (κ3) is 6.16. The lowest BCUT2D eigenvalue weighted by molar-refractivity contribution is -0.121. The van der Waals surface area contributed by atoms with Gasteiger partial charge < -0.3 is 21.5 Å². The lowest BCUT2D eigenvalue weighted by atomic mass is 10.0. The number of hydrogen-bond donors (Lipinski definition) is 4. The number of nitriles is 1. The average Bonchev–Trinajstić information content (AvgIpc) is 3.31. The number of aliphatic hydroxyl groups is 1. The van der Waals surface area contributed by atoms with Crippen molar-refractivity contribution >= 4 is 35.0 Å². The van der Waals surface area contributed by atoms with Gasteiger partial charge in [0.25, 0.3) is 0 Å². The van der Waals surface area contributed by atoms with Gasteiger partial charge in [-0.05, 0) is 60.0 Å². The molecule has 3 aromatic rings. The topological polar surface area (TPSA) is 131 Å². The van der Waals surface area contributed by atoms with Crippen LogP contribution in [0.15, 0.2) is 78.9 Å². The molecule has 8 nitrogen and oxygen atoms in total. The van der Waals surface area contributed by atoms with Gasteiger partial charge in [0.2, 0.25) is 11.8 Å². The molecule has 1 fully saturated rings. The molecule has 36 heavy (non-hydrogen) atoms. The molecular formula is C28H27N5O3. The fourth-order valence-corrected chi connectivity index (χ4v) is 4.12. The highest BCUT2D eigenvalue weighted by atomic mass is 16.3. The molecule has 0 spiro atoms. The zero-order valence-corrected chi connectivity index (χ0v) is 19.6. The van der Waals surface area contributed by atoms with Crippen LogP contribution in [-0.2, 0) is 9.59 Å². The number of rotatable bonds is 7. The molecule has 8 heteroatoms. The summed E-state index contributed by atoms with van der Waals surface area (Å²) in [7, 11) is 0. The van der Waals surface area contributed by atoms with Gasteiger partial charge in [-0.3, -0.25) is 14.5 Å². The van der Waals surface area contributed by atoms with Crippen molar-refractivity contribution in [3.05, 3.63) is 95.6 Å². The highest BCUT2D eigenvalue weighted by Crippen LogP contribution is 2.28. The van der Waals surface area contributed by atoms with Crippen LogP contribution in [0.1, 0.15) is 29.2 Å². The molecule has 2 unspecified atom stereocenters. The molecule has 1 saturated heterocycles. The number of carbonyl (C=O) groups is 2. The van der Waals surface area contributed by atoms with E-state index in [4.69, 9.17) is 11.0 Å². The highest BCUT2D eigenvalue weighted by molar-refractivity contribution is 6.03. The number of nitrogens with two attached hydrogens (primary N) is 1. The standard InChI is InChI=1S/C28H27N5O3/c29-17-20-7-12-22(13-8-20)31-28(36)27(33-16-15-23(34)18-33)21-10-5-19(6-11-21)9-14-26(35)32-25-4-2-1-3-24(25)30/h1-14,23,27,34H,15-16,18,30H2,(H,31,36)(H,32,35). The highest BCUT2D eigenvalue weighted by Gasteiger charge is 2.33. The van der Waals surface area contributed by atoms with Crippen LogP contribution in [0.2, 0.25) is 0 Å². The van der Waals surface area contributed by atoms with E-state index in [1.807, 2.05) is 29.2 Å². The summed E-state index contributed by atoms with van der Waals surface area (Å²) in [6.07, 6.45) is 3.23. The number of nitrogens with zero attached hydrogens (tertiary/aromatic N) is 2. The molecule has 1 aliphatic rings. The molecule has 3 aromatic carbocycles. The molecule has 2 amide bonds. The van der Waals surface area contributed by atoms with E-state index in [-0.39, 0.29) is 11.8 Å². The van der Waals surface area contributed by atoms with Gasteiger partial charge in [-0.2, -0.15) is 5.26 Å². The number of aliphatic hydroxyl groups excluding tert-OH is 1. The van der Waals surface area contributed by atoms with E-state index in [1.54, 1.807) is 54.6 Å². The SMILES string of the molecule is N#Cc1ccc(NC(=O)C(c2ccc(C=CC(=O)Nc3ccccc3N)cc2)N2CCC(O)C2)cc1. The first-order chi connectivity index (χ1) is 17.4. The van der Waals surface area contributed by atoms with E-state index in [0.717, 1.165) is 11.1 Å². The predicted molar refractivity (Wildman–Crippen MR) is 140 cm³/mol. The first-order valence-corrected chi connectivity index (χ1v) is 11.6. The monoisotopic (exact) mass is 481 g/mol. The van der Waals surface area contributed by atoms with Crippen LogP contribution in [0.25, 0.3) is 6.08 Å². The van der Waals surface area contributed by atoms with Gasteiger partial charge in [0.1, 0.15) is 6.04 Å². The van der Waals surface area contributed by atoms with Crippen molar-refractivity contribution in [1.82, 2.24) is 4.90 Å². The molecule has 4 rings (SSSR count). The second-order valence-electron chi connectivity index (χ2n) is 8.59. The first-order valence-electron chi connectivity index (χ1n) is 11.6. The van der Waals surface area contributed by atoms with Gasteiger partial charge in [-0.25, -0.2) is 0 Å². The van der Waals surface area contributed by atoms with Crippen molar-refractivity contribution in [2.24, 2.45) is 0 Å². The molecule has 1 aliphatic heterocycles. The minimum atomic E-state index is -0.597. The van der Waals surface area contributed by atoms with Crippen LogP contribution in [0.4, 0.5) is 17.1 Å². The maximum absolute atomic E-state index is 13.3. The zero-order valence-electron chi connectivity index (χ0n) is 19.6. The van der Waals surface area contributed by atoms with Gasteiger partial charge in [0.15, 0.2) is 0 Å². The Morgan fingerprint density at radius 1 is 1.06 bits per heavy atom. The van der Waals surface area contributed by atoms with Crippen LogP contribution < -0.4 is 16.4 Å². The Morgan fingerprint density at radius 2 is 1.78 bits per heavy atom. The lowest BCUT2D eigenvalue weighted by Crippen LogP contribution is -2.36. The van der Waals surface area contributed by atoms with E-state index in [1.165, 1.54) is 6.08 Å². The van der Waals surface area contributed by atoms with Crippen LogP contribution in [0.5, 0.6) is 0 Å². The fourth-order valence-electron chi connectivity index (χ4n) is 4.12. The van der Waals surface area contributed by atoms with E-state index in [9.17, 15) is 14.7 Å². The summed E-state index contributed by atoms with van der Waals surface area (Å²) in [6.45, 7) is 0.993. The van der Waals surface area contributed by atoms with Crippen LogP contribution in [0, 0.1) is 11.3 Å². The number of nitrogens with one attached hydrogen (secondary N) is 2. The smallest absolute Gasteiger partial charge is 0.248 e. The predicted octanol–water partition coefficient (Wildman–Crippen LogP) is 3.54. The molecule has 5 N–H and O–H groups in total. The lowest BCUT2D eigenvalue weighted by Gasteiger charge is -2.27. The van der Waals surface area contributed by atoms with Crippen LogP contribution in [0.3, 0.4) is 0 Å². The molecular weight excluding hydrogens is 454 g/mol. The Hall–Kier alpha value is -4.45. The van der Waals surface area contributed by atoms with E-state index < -0.39 is 12.1 Å². The Labute approximate surface area is 209 Å². The van der Waals surface area contributed by atoms with Crippen molar-refractivity contribution in [2.45, 2.75) is 18.6 Å². The summed E-state index contributed by atoms with van der Waals surface area (Å²) in [5.41, 5.74) is 9.57. The number of β-amino-alcohol motifs (C(OH)–C–C–N with tert-alkyl or cyclic N) is 1. The zero-order chi connectivity index (χ0) is 25.5. The van der Waals surface area contributed by atoms with Crippen molar-refractivity contribution in [3.63, 3.8) is 0 Å². The molecule has 0 bridgehead atoms. The summed E-state index contributed by atoms with van der Waals surface area (Å²) in [6, 6.07) is 22.5. The summed E-state index contributed by atoms with van der Waals surface area (Å²) < 4.78 is 0. The molecule has 182 valence electrons. The molecule has 0 aliphatic carbocycles. The van der Waals surface area contributed by atoms with E-state index in [2.05, 4.69) is 16.7 Å². The van der Waals surface area contributed by atoms with Gasteiger partial charge in [-0.15, -0.1) is 0 Å². The second-order valence-corrected chi connectivity index (χ2v) is 8.59. The Bertz CT molecular complexity index is 1300. The van der Waals surface area contributed by atoms with E-state index in [0.29, 0.717) is 42.1 Å². The minimum Gasteiger partial charge on any atom is -0.397 e. The van der Waals surface area contributed by atoms with Gasteiger partial charge in [-0.1, -0.05) is 36.4 Å². The van der Waals surface area contributed by atoms with E-state index >= 15 is 0 Å². The Morgan fingerprint density at radius 3 is 2.42 bits per heavy atom. The third-order valence-corrected chi connectivity index (χ3v) is 5.99. The number of hydrogen-bond acceptors (Lipinski definition) is 6. The molecule has 0 radical (unpaired) electrons. The minimum absolute atomic E-state index is 0.225. The Balaban J connectivity index is 1.47. The molecule has 0 aromatic heterocycles. The first kappa shape index (κ1) is 24.7. The molecule has 1 heterocycles. The number of para-hydroxylation sites is 2. The number of benzene rings is 3. The van der Waals surface area contributed by atoms with Crippen LogP contribution in [-0.4, -0.2) is 41.0 Å². The Kier molecular flexibility index (Phi) is 7.75. The van der Waals surface area contributed by atoms with Gasteiger partial charge in [0, 0.05) is 24.9 Å².